The van der Waals surface area contributed by atoms with Crippen LogP contribution in [-0.4, -0.2) is 30.1 Å². The molecule has 1 aromatic heterocycles. The molecule has 1 rings (SSSR count). The van der Waals surface area contributed by atoms with Gasteiger partial charge in [0.2, 0.25) is 0 Å². The summed E-state index contributed by atoms with van der Waals surface area (Å²) in [6.07, 6.45) is -6.08. The van der Waals surface area contributed by atoms with Crippen LogP contribution in [0, 0.1) is 0 Å². The van der Waals surface area contributed by atoms with Crippen LogP contribution in [0.15, 0.2) is 12.4 Å². The first-order valence-corrected chi connectivity index (χ1v) is 5.87. The Kier molecular flexibility index (Phi) is 4.06. The van der Waals surface area contributed by atoms with Crippen molar-refractivity contribution in [1.82, 2.24) is 9.97 Å². The summed E-state index contributed by atoms with van der Waals surface area (Å²) < 4.78 is 122. The monoisotopic (exact) mass is 346 g/mol. The molecule has 0 fully saturated rings. The van der Waals surface area contributed by atoms with Crippen LogP contribution in [0.4, 0.5) is 35.1 Å². The molecule has 5 nitrogen and oxygen atoms in total. The standard InChI is InChI=1S/C7H2F8N2O3S/c8-5(9,6(10,11)12)3-1-16-2-4(17-3)20-21(18,19)7(13,14)15/h1-2H. The molecule has 0 radical (unpaired) electrons. The van der Waals surface area contributed by atoms with E-state index in [0.717, 1.165) is 0 Å². The number of hydrogen-bond donors (Lipinski definition) is 0. The van der Waals surface area contributed by atoms with Crippen molar-refractivity contribution in [2.75, 3.05) is 0 Å². The fourth-order valence-electron chi connectivity index (χ4n) is 0.844. The van der Waals surface area contributed by atoms with Gasteiger partial charge in [0, 0.05) is 0 Å². The van der Waals surface area contributed by atoms with Crippen molar-refractivity contribution >= 4 is 10.1 Å². The number of alkyl halides is 8. The first-order chi connectivity index (χ1) is 9.18. The SMILES string of the molecule is O=S(=O)(Oc1cncc(C(F)(F)C(F)(F)F)n1)C(F)(F)F. The van der Waals surface area contributed by atoms with Gasteiger partial charge in [-0.05, 0) is 0 Å². The first-order valence-electron chi connectivity index (χ1n) is 4.46. The van der Waals surface area contributed by atoms with Crippen molar-refractivity contribution in [2.24, 2.45) is 0 Å². The topological polar surface area (TPSA) is 69.2 Å². The molecule has 0 saturated heterocycles. The number of rotatable bonds is 3. The minimum atomic E-state index is -6.28. The predicted molar refractivity (Wildman–Crippen MR) is 47.6 cm³/mol. The Morgan fingerprint density at radius 3 is 1.90 bits per heavy atom. The second kappa shape index (κ2) is 4.92. The van der Waals surface area contributed by atoms with Gasteiger partial charge in [-0.15, -0.1) is 0 Å². The van der Waals surface area contributed by atoms with Crippen molar-refractivity contribution in [2.45, 2.75) is 17.6 Å². The lowest BCUT2D eigenvalue weighted by Crippen LogP contribution is -2.35. The van der Waals surface area contributed by atoms with Gasteiger partial charge in [0.15, 0.2) is 0 Å². The molecule has 14 heteroatoms. The number of nitrogens with zero attached hydrogens (tertiary/aromatic N) is 2. The van der Waals surface area contributed by atoms with Crippen LogP contribution in [0.5, 0.6) is 5.88 Å². The van der Waals surface area contributed by atoms with Crippen LogP contribution < -0.4 is 4.18 Å². The molecule has 0 aliphatic rings. The predicted octanol–water partition coefficient (Wildman–Crippen LogP) is 2.36. The fraction of sp³-hybridized carbons (Fsp3) is 0.429. The van der Waals surface area contributed by atoms with Gasteiger partial charge in [0.05, 0.1) is 12.4 Å². The van der Waals surface area contributed by atoms with Crippen LogP contribution >= 0.6 is 0 Å². The summed E-state index contributed by atoms with van der Waals surface area (Å²) in [5.74, 6) is -7.24. The third kappa shape index (κ3) is 3.48. The first kappa shape index (κ1) is 17.3. The van der Waals surface area contributed by atoms with Crippen LogP contribution in [0.2, 0.25) is 0 Å². The summed E-state index contributed by atoms with van der Waals surface area (Å²) in [4.78, 5) is 5.11. The average molecular weight is 346 g/mol. The maximum absolute atomic E-state index is 12.9. The zero-order valence-corrected chi connectivity index (χ0v) is 10.0. The average Bonchev–Trinajstić information content (AvgIpc) is 2.25. The molecular weight excluding hydrogens is 344 g/mol. The van der Waals surface area contributed by atoms with Crippen LogP contribution in [0.25, 0.3) is 0 Å². The summed E-state index contributed by atoms with van der Waals surface area (Å²) in [6.45, 7) is 0. The molecule has 120 valence electrons. The van der Waals surface area contributed by atoms with Gasteiger partial charge in [-0.2, -0.15) is 43.5 Å². The van der Waals surface area contributed by atoms with E-state index in [4.69, 9.17) is 0 Å². The highest BCUT2D eigenvalue weighted by atomic mass is 32.2. The van der Waals surface area contributed by atoms with E-state index < -0.39 is 39.3 Å². The lowest BCUT2D eigenvalue weighted by atomic mass is 10.2. The number of aromatic nitrogens is 2. The van der Waals surface area contributed by atoms with E-state index >= 15 is 0 Å². The molecule has 1 heterocycles. The smallest absolute Gasteiger partial charge is 0.354 e. The molecule has 0 amide bonds. The lowest BCUT2D eigenvalue weighted by Gasteiger charge is -2.18. The maximum Gasteiger partial charge on any atom is 0.534 e. The lowest BCUT2D eigenvalue weighted by molar-refractivity contribution is -0.291. The van der Waals surface area contributed by atoms with E-state index in [-0.39, 0.29) is 12.4 Å². The third-order valence-corrected chi connectivity index (χ3v) is 2.73. The highest BCUT2D eigenvalue weighted by Gasteiger charge is 2.60. The molecule has 21 heavy (non-hydrogen) atoms. The molecule has 0 N–H and O–H groups in total. The molecule has 0 unspecified atom stereocenters. The molecule has 0 saturated carbocycles. The fourth-order valence-corrected chi connectivity index (χ4v) is 1.24. The Morgan fingerprint density at radius 1 is 0.952 bits per heavy atom. The maximum atomic E-state index is 12.9. The minimum Gasteiger partial charge on any atom is -0.354 e. The Labute approximate surface area is 110 Å². The molecule has 0 spiro atoms. The van der Waals surface area contributed by atoms with E-state index in [2.05, 4.69) is 14.2 Å². The zero-order chi connectivity index (χ0) is 16.7. The van der Waals surface area contributed by atoms with Gasteiger partial charge >= 0.3 is 27.7 Å². The summed E-state index contributed by atoms with van der Waals surface area (Å²) >= 11 is 0. The number of hydrogen-bond acceptors (Lipinski definition) is 5. The second-order valence-electron chi connectivity index (χ2n) is 3.30. The molecular formula is C7H2F8N2O3S. The Bertz CT molecular complexity index is 623. The Hall–Kier alpha value is -1.73. The summed E-state index contributed by atoms with van der Waals surface area (Å²) in [5.41, 5.74) is -8.04. The largest absolute Gasteiger partial charge is 0.534 e. The van der Waals surface area contributed by atoms with Gasteiger partial charge in [0.25, 0.3) is 5.88 Å². The van der Waals surface area contributed by atoms with Crippen molar-refractivity contribution < 1.29 is 47.7 Å². The molecule has 0 aromatic carbocycles. The van der Waals surface area contributed by atoms with Crippen LogP contribution in [-0.2, 0) is 16.0 Å². The summed E-state index contributed by atoms with van der Waals surface area (Å²) in [5, 5.41) is 0. The van der Waals surface area contributed by atoms with Crippen molar-refractivity contribution in [3.8, 4) is 5.88 Å². The van der Waals surface area contributed by atoms with Gasteiger partial charge in [-0.3, -0.25) is 4.98 Å². The van der Waals surface area contributed by atoms with E-state index in [0.29, 0.717) is 0 Å². The third-order valence-electron chi connectivity index (χ3n) is 1.77. The van der Waals surface area contributed by atoms with E-state index in [9.17, 15) is 43.5 Å². The normalized spacial score (nSPS) is 14.1. The van der Waals surface area contributed by atoms with Gasteiger partial charge in [-0.25, -0.2) is 4.98 Å². The summed E-state index contributed by atoms with van der Waals surface area (Å²) in [6, 6.07) is 0. The second-order valence-corrected chi connectivity index (χ2v) is 4.84. The van der Waals surface area contributed by atoms with Crippen LogP contribution in [0.1, 0.15) is 5.69 Å². The highest BCUT2D eigenvalue weighted by molar-refractivity contribution is 7.87. The van der Waals surface area contributed by atoms with Crippen molar-refractivity contribution in [3.05, 3.63) is 18.1 Å². The molecule has 0 aliphatic carbocycles. The van der Waals surface area contributed by atoms with Crippen molar-refractivity contribution in [3.63, 3.8) is 0 Å². The van der Waals surface area contributed by atoms with E-state index in [1.54, 1.807) is 0 Å². The molecule has 1 aromatic rings. The zero-order valence-electron chi connectivity index (χ0n) is 9.21. The van der Waals surface area contributed by atoms with Crippen molar-refractivity contribution in [1.29, 1.82) is 0 Å². The molecule has 0 aliphatic heterocycles. The van der Waals surface area contributed by atoms with E-state index in [1.165, 1.54) is 0 Å². The minimum absolute atomic E-state index is 0.0967. The Morgan fingerprint density at radius 2 is 1.48 bits per heavy atom. The summed E-state index contributed by atoms with van der Waals surface area (Å²) in [7, 11) is -6.28. The van der Waals surface area contributed by atoms with Crippen LogP contribution in [0.3, 0.4) is 0 Å². The van der Waals surface area contributed by atoms with E-state index in [1.807, 2.05) is 0 Å². The highest BCUT2D eigenvalue weighted by Crippen LogP contribution is 2.43. The number of halogens is 8. The Balaban J connectivity index is 3.20. The quantitative estimate of drug-likeness (QED) is 0.477. The van der Waals surface area contributed by atoms with Gasteiger partial charge in [0.1, 0.15) is 5.69 Å². The van der Waals surface area contributed by atoms with Gasteiger partial charge in [-0.1, -0.05) is 0 Å². The molecule has 0 atom stereocenters. The molecule has 0 bridgehead atoms. The van der Waals surface area contributed by atoms with Gasteiger partial charge < -0.3 is 4.18 Å².